The normalized spacial score (nSPS) is 10.6. The molecular weight excluding hydrogens is 204 g/mol. The van der Waals surface area contributed by atoms with E-state index in [-0.39, 0.29) is 17.7 Å². The number of carbonyl (C=O) groups is 1. The molecule has 0 bridgehead atoms. The summed E-state index contributed by atoms with van der Waals surface area (Å²) in [6, 6.07) is 0. The predicted octanol–water partition coefficient (Wildman–Crippen LogP) is 2.28. The van der Waals surface area contributed by atoms with E-state index < -0.39 is 0 Å². The van der Waals surface area contributed by atoms with Crippen molar-refractivity contribution in [3.63, 3.8) is 0 Å². The van der Waals surface area contributed by atoms with Crippen LogP contribution < -0.4 is 5.32 Å². The van der Waals surface area contributed by atoms with Crippen LogP contribution in [-0.4, -0.2) is 16.9 Å². The van der Waals surface area contributed by atoms with Gasteiger partial charge in [-0.25, -0.2) is 0 Å². The number of hydrogen-bond donors (Lipinski definition) is 1. The molecule has 14 heavy (non-hydrogen) atoms. The van der Waals surface area contributed by atoms with Crippen molar-refractivity contribution in [2.24, 2.45) is 0 Å². The number of aryl methyl sites for hydroxylation is 1. The van der Waals surface area contributed by atoms with Crippen LogP contribution in [0.25, 0.3) is 0 Å². The number of aromatic nitrogens is 1. The summed E-state index contributed by atoms with van der Waals surface area (Å²) in [6.45, 7) is 5.71. The summed E-state index contributed by atoms with van der Waals surface area (Å²) in [5.74, 6) is 0.546. The van der Waals surface area contributed by atoms with Gasteiger partial charge in [0.05, 0.1) is 0 Å². The van der Waals surface area contributed by atoms with Gasteiger partial charge in [-0.1, -0.05) is 19.0 Å². The monoisotopic (exact) mass is 216 g/mol. The van der Waals surface area contributed by atoms with Gasteiger partial charge in [0.1, 0.15) is 17.3 Å². The van der Waals surface area contributed by atoms with Crippen LogP contribution in [0.3, 0.4) is 0 Å². The van der Waals surface area contributed by atoms with Gasteiger partial charge in [0.2, 0.25) is 5.91 Å². The molecule has 0 aliphatic rings. The maximum absolute atomic E-state index is 11.1. The van der Waals surface area contributed by atoms with Gasteiger partial charge in [-0.15, -0.1) is 11.6 Å². The average molecular weight is 217 g/mol. The molecule has 0 aliphatic heterocycles. The van der Waals surface area contributed by atoms with E-state index in [1.165, 1.54) is 0 Å². The molecule has 1 aromatic heterocycles. The maximum Gasteiger partial charge on any atom is 0.239 e. The van der Waals surface area contributed by atoms with E-state index in [0.717, 1.165) is 0 Å². The fourth-order valence-corrected chi connectivity index (χ4v) is 1.17. The Morgan fingerprint density at radius 2 is 2.29 bits per heavy atom. The first kappa shape index (κ1) is 11.0. The summed E-state index contributed by atoms with van der Waals surface area (Å²) in [7, 11) is 0. The lowest BCUT2D eigenvalue weighted by Gasteiger charge is -2.05. The molecule has 0 saturated carbocycles. The van der Waals surface area contributed by atoms with Crippen molar-refractivity contribution < 1.29 is 9.32 Å². The average Bonchev–Trinajstić information content (AvgIpc) is 2.48. The quantitative estimate of drug-likeness (QED) is 0.789. The second kappa shape index (κ2) is 4.46. The zero-order valence-corrected chi connectivity index (χ0v) is 9.18. The minimum atomic E-state index is -0.250. The molecule has 0 fully saturated rings. The molecule has 4 nitrogen and oxygen atoms in total. The third kappa shape index (κ3) is 2.26. The third-order valence-electron chi connectivity index (χ3n) is 1.80. The molecule has 0 aromatic carbocycles. The highest BCUT2D eigenvalue weighted by Gasteiger charge is 2.17. The number of nitrogens with zero attached hydrogens (tertiary/aromatic N) is 1. The van der Waals surface area contributed by atoms with E-state index in [2.05, 4.69) is 10.5 Å². The van der Waals surface area contributed by atoms with Gasteiger partial charge in [0.25, 0.3) is 0 Å². The topological polar surface area (TPSA) is 55.1 Å². The van der Waals surface area contributed by atoms with Crippen molar-refractivity contribution in [2.45, 2.75) is 26.7 Å². The van der Waals surface area contributed by atoms with Crippen molar-refractivity contribution in [1.29, 1.82) is 0 Å². The van der Waals surface area contributed by atoms with Crippen LogP contribution in [0.15, 0.2) is 4.52 Å². The lowest BCUT2D eigenvalue weighted by Crippen LogP contribution is -2.14. The Labute approximate surface area is 87.6 Å². The molecule has 1 aromatic rings. The number of nitrogens with one attached hydrogen (secondary N) is 1. The molecule has 0 aliphatic carbocycles. The first-order valence-electron chi connectivity index (χ1n) is 4.38. The number of hydrogen-bond acceptors (Lipinski definition) is 3. The van der Waals surface area contributed by atoms with E-state index in [4.69, 9.17) is 16.1 Å². The lowest BCUT2D eigenvalue weighted by molar-refractivity contribution is -0.113. The summed E-state index contributed by atoms with van der Waals surface area (Å²) >= 11 is 5.39. The van der Waals surface area contributed by atoms with Crippen molar-refractivity contribution in [3.05, 3.63) is 11.5 Å². The molecule has 0 radical (unpaired) electrons. The van der Waals surface area contributed by atoms with Gasteiger partial charge in [-0.3, -0.25) is 4.79 Å². The number of amides is 1. The Balaban J connectivity index is 2.93. The van der Waals surface area contributed by atoms with Gasteiger partial charge in [-0.05, 0) is 6.92 Å². The smallest absolute Gasteiger partial charge is 0.239 e. The fraction of sp³-hybridized carbons (Fsp3) is 0.556. The standard InChI is InChI=1S/C9H13ClN2O2/c1-5(2)9-8(6(3)12-14-9)11-7(13)4-10/h5H,4H2,1-3H3,(H,11,13). The largest absolute Gasteiger partial charge is 0.359 e. The second-order valence-electron chi connectivity index (χ2n) is 3.34. The minimum Gasteiger partial charge on any atom is -0.359 e. The van der Waals surface area contributed by atoms with Crippen molar-refractivity contribution in [3.8, 4) is 0 Å². The maximum atomic E-state index is 11.1. The Morgan fingerprint density at radius 3 is 2.79 bits per heavy atom. The van der Waals surface area contributed by atoms with E-state index in [1.54, 1.807) is 6.92 Å². The van der Waals surface area contributed by atoms with Gasteiger partial charge in [-0.2, -0.15) is 0 Å². The number of halogens is 1. The molecule has 1 heterocycles. The minimum absolute atomic E-state index is 0.0673. The number of anilines is 1. The molecule has 1 amide bonds. The van der Waals surface area contributed by atoms with E-state index in [9.17, 15) is 4.79 Å². The van der Waals surface area contributed by atoms with Gasteiger partial charge in [0.15, 0.2) is 5.76 Å². The molecule has 78 valence electrons. The highest BCUT2D eigenvalue weighted by atomic mass is 35.5. The van der Waals surface area contributed by atoms with Crippen LogP contribution in [0.5, 0.6) is 0 Å². The third-order valence-corrected chi connectivity index (χ3v) is 2.04. The molecule has 0 atom stereocenters. The summed E-state index contributed by atoms with van der Waals surface area (Å²) in [4.78, 5) is 11.1. The second-order valence-corrected chi connectivity index (χ2v) is 3.61. The molecule has 0 saturated heterocycles. The predicted molar refractivity (Wildman–Crippen MR) is 54.7 cm³/mol. The van der Waals surface area contributed by atoms with Crippen LogP contribution >= 0.6 is 11.6 Å². The first-order valence-corrected chi connectivity index (χ1v) is 4.91. The Bertz CT molecular complexity index is 334. The number of rotatable bonds is 3. The number of alkyl halides is 1. The van der Waals surface area contributed by atoms with Crippen LogP contribution in [0.2, 0.25) is 0 Å². The van der Waals surface area contributed by atoms with Crippen LogP contribution in [-0.2, 0) is 4.79 Å². The Morgan fingerprint density at radius 1 is 1.64 bits per heavy atom. The van der Waals surface area contributed by atoms with Gasteiger partial charge in [0, 0.05) is 5.92 Å². The highest BCUT2D eigenvalue weighted by Crippen LogP contribution is 2.26. The Kier molecular flexibility index (Phi) is 3.52. The van der Waals surface area contributed by atoms with Gasteiger partial charge >= 0.3 is 0 Å². The molecule has 5 heteroatoms. The first-order chi connectivity index (χ1) is 6.56. The highest BCUT2D eigenvalue weighted by molar-refractivity contribution is 6.29. The Hall–Kier alpha value is -1.03. The summed E-state index contributed by atoms with van der Waals surface area (Å²) in [5, 5.41) is 6.46. The summed E-state index contributed by atoms with van der Waals surface area (Å²) in [5.41, 5.74) is 1.32. The SMILES string of the molecule is Cc1noc(C(C)C)c1NC(=O)CCl. The molecule has 1 rings (SSSR count). The lowest BCUT2D eigenvalue weighted by atomic mass is 10.1. The molecule has 1 N–H and O–H groups in total. The fourth-order valence-electron chi connectivity index (χ4n) is 1.11. The molecule has 0 unspecified atom stereocenters. The summed E-state index contributed by atoms with van der Waals surface area (Å²) < 4.78 is 5.09. The van der Waals surface area contributed by atoms with E-state index in [1.807, 2.05) is 13.8 Å². The van der Waals surface area contributed by atoms with Crippen molar-refractivity contribution >= 4 is 23.2 Å². The zero-order chi connectivity index (χ0) is 10.7. The van der Waals surface area contributed by atoms with Crippen molar-refractivity contribution in [2.75, 3.05) is 11.2 Å². The van der Waals surface area contributed by atoms with Gasteiger partial charge < -0.3 is 9.84 Å². The van der Waals surface area contributed by atoms with E-state index >= 15 is 0 Å². The molecular formula is C9H13ClN2O2. The van der Waals surface area contributed by atoms with Crippen molar-refractivity contribution in [1.82, 2.24) is 5.16 Å². The van der Waals surface area contributed by atoms with Crippen LogP contribution in [0, 0.1) is 6.92 Å². The summed E-state index contributed by atoms with van der Waals surface area (Å²) in [6.07, 6.45) is 0. The zero-order valence-electron chi connectivity index (χ0n) is 8.43. The van der Waals surface area contributed by atoms with Crippen LogP contribution in [0.4, 0.5) is 5.69 Å². The molecule has 0 spiro atoms. The number of carbonyl (C=O) groups excluding carboxylic acids is 1. The van der Waals surface area contributed by atoms with Crippen LogP contribution in [0.1, 0.15) is 31.2 Å². The van der Waals surface area contributed by atoms with E-state index in [0.29, 0.717) is 17.1 Å².